The van der Waals surface area contributed by atoms with Crippen molar-refractivity contribution in [3.05, 3.63) is 23.2 Å². The van der Waals surface area contributed by atoms with Crippen molar-refractivity contribution in [2.24, 2.45) is 5.73 Å². The summed E-state index contributed by atoms with van der Waals surface area (Å²) in [4.78, 5) is 11.8. The first-order valence-corrected chi connectivity index (χ1v) is 6.38. The number of hydrogen-bond donors (Lipinski definition) is 2. The minimum absolute atomic E-state index is 0.178. The third-order valence-electron chi connectivity index (χ3n) is 2.34. The topological polar surface area (TPSA) is 64.4 Å². The zero-order valence-corrected chi connectivity index (χ0v) is 11.5. The van der Waals surface area contributed by atoms with Gasteiger partial charge in [-0.25, -0.2) is 0 Å². The van der Waals surface area contributed by atoms with Gasteiger partial charge in [0.1, 0.15) is 5.75 Å². The van der Waals surface area contributed by atoms with E-state index in [0.717, 1.165) is 6.42 Å². The van der Waals surface area contributed by atoms with E-state index >= 15 is 0 Å². The zero-order chi connectivity index (χ0) is 14.3. The van der Waals surface area contributed by atoms with Crippen molar-refractivity contribution < 1.29 is 9.53 Å². The number of amides is 1. The summed E-state index contributed by atoms with van der Waals surface area (Å²) in [6.07, 6.45) is 6.17. The highest BCUT2D eigenvalue weighted by Gasteiger charge is 2.15. The minimum Gasteiger partial charge on any atom is -0.491 e. The van der Waals surface area contributed by atoms with Crippen molar-refractivity contribution in [1.82, 2.24) is 0 Å². The molecule has 0 fully saturated rings. The highest BCUT2D eigenvalue weighted by Crippen LogP contribution is 2.28. The SMILES string of the molecule is C#CCC(N)C(=O)Nc1cc(Cl)ccc1OCCC. The Morgan fingerprint density at radius 2 is 2.37 bits per heavy atom. The van der Waals surface area contributed by atoms with Crippen LogP contribution in [0, 0.1) is 12.3 Å². The van der Waals surface area contributed by atoms with E-state index in [9.17, 15) is 4.79 Å². The first-order chi connectivity index (χ1) is 9.08. The van der Waals surface area contributed by atoms with Gasteiger partial charge < -0.3 is 15.8 Å². The highest BCUT2D eigenvalue weighted by molar-refractivity contribution is 6.31. The first-order valence-electron chi connectivity index (χ1n) is 6.00. The maximum absolute atomic E-state index is 11.8. The van der Waals surface area contributed by atoms with E-state index in [0.29, 0.717) is 23.1 Å². The van der Waals surface area contributed by atoms with Crippen molar-refractivity contribution in [2.45, 2.75) is 25.8 Å². The van der Waals surface area contributed by atoms with E-state index < -0.39 is 6.04 Å². The fourth-order valence-corrected chi connectivity index (χ4v) is 1.55. The van der Waals surface area contributed by atoms with Crippen molar-refractivity contribution in [2.75, 3.05) is 11.9 Å². The average molecular weight is 281 g/mol. The summed E-state index contributed by atoms with van der Waals surface area (Å²) in [6.45, 7) is 2.55. The van der Waals surface area contributed by atoms with Gasteiger partial charge in [-0.3, -0.25) is 4.79 Å². The maximum Gasteiger partial charge on any atom is 0.242 e. The molecule has 4 nitrogen and oxygen atoms in total. The summed E-state index contributed by atoms with van der Waals surface area (Å²) in [5.74, 6) is 2.55. The van der Waals surface area contributed by atoms with E-state index in [-0.39, 0.29) is 12.3 Å². The van der Waals surface area contributed by atoms with Crippen LogP contribution in [-0.2, 0) is 4.79 Å². The number of nitrogens with one attached hydrogen (secondary N) is 1. The van der Waals surface area contributed by atoms with Gasteiger partial charge in [0.05, 0.1) is 18.3 Å². The summed E-state index contributed by atoms with van der Waals surface area (Å²) in [6, 6.07) is 4.28. The second-order valence-electron chi connectivity index (χ2n) is 3.99. The van der Waals surface area contributed by atoms with Crippen LogP contribution in [0.15, 0.2) is 18.2 Å². The molecule has 1 unspecified atom stereocenters. The van der Waals surface area contributed by atoms with E-state index in [1.807, 2.05) is 6.92 Å². The van der Waals surface area contributed by atoms with Gasteiger partial charge in [-0.1, -0.05) is 18.5 Å². The lowest BCUT2D eigenvalue weighted by molar-refractivity contribution is -0.117. The van der Waals surface area contributed by atoms with Gasteiger partial charge in [-0.2, -0.15) is 0 Å². The number of anilines is 1. The first kappa shape index (κ1) is 15.4. The second kappa shape index (κ2) is 7.67. The Kier molecular flexibility index (Phi) is 6.20. The summed E-state index contributed by atoms with van der Waals surface area (Å²) >= 11 is 5.90. The average Bonchev–Trinajstić information content (AvgIpc) is 2.38. The maximum atomic E-state index is 11.8. The third-order valence-corrected chi connectivity index (χ3v) is 2.57. The molecule has 1 aromatic carbocycles. The lowest BCUT2D eigenvalue weighted by Gasteiger charge is -2.14. The van der Waals surface area contributed by atoms with Gasteiger partial charge in [0.25, 0.3) is 0 Å². The van der Waals surface area contributed by atoms with E-state index in [2.05, 4.69) is 11.2 Å². The predicted octanol–water partition coefficient (Wildman–Crippen LogP) is 2.42. The van der Waals surface area contributed by atoms with Crippen LogP contribution in [0.2, 0.25) is 5.02 Å². The fraction of sp³-hybridized carbons (Fsp3) is 0.357. The molecule has 3 N–H and O–H groups in total. The van der Waals surface area contributed by atoms with Crippen LogP contribution >= 0.6 is 11.6 Å². The number of halogens is 1. The standard InChI is InChI=1S/C14H17ClN2O2/c1-3-5-11(16)14(18)17-12-9-10(15)6-7-13(12)19-8-4-2/h1,6-7,9,11H,4-5,8,16H2,2H3,(H,17,18). The Morgan fingerprint density at radius 3 is 3.00 bits per heavy atom. The Balaban J connectivity index is 2.83. The summed E-state index contributed by atoms with van der Waals surface area (Å²) in [7, 11) is 0. The largest absolute Gasteiger partial charge is 0.491 e. The molecule has 0 bridgehead atoms. The molecule has 0 heterocycles. The Labute approximate surface area is 118 Å². The molecule has 0 spiro atoms. The Bertz CT molecular complexity index is 483. The molecule has 0 aromatic heterocycles. The zero-order valence-electron chi connectivity index (χ0n) is 10.8. The van der Waals surface area contributed by atoms with Crippen molar-refractivity contribution in [1.29, 1.82) is 0 Å². The molecule has 0 aliphatic carbocycles. The lowest BCUT2D eigenvalue weighted by atomic mass is 10.2. The molecule has 1 rings (SSSR count). The van der Waals surface area contributed by atoms with E-state index in [4.69, 9.17) is 28.5 Å². The number of nitrogens with two attached hydrogens (primary N) is 1. The second-order valence-corrected chi connectivity index (χ2v) is 4.43. The van der Waals surface area contributed by atoms with E-state index in [1.54, 1.807) is 18.2 Å². The number of hydrogen-bond acceptors (Lipinski definition) is 3. The van der Waals surface area contributed by atoms with Crippen LogP contribution in [-0.4, -0.2) is 18.6 Å². The van der Waals surface area contributed by atoms with Crippen LogP contribution in [0.1, 0.15) is 19.8 Å². The minimum atomic E-state index is -0.747. The number of carbonyl (C=O) groups is 1. The Morgan fingerprint density at radius 1 is 1.63 bits per heavy atom. The normalized spacial score (nSPS) is 11.5. The fourth-order valence-electron chi connectivity index (χ4n) is 1.38. The van der Waals surface area contributed by atoms with Crippen LogP contribution in [0.25, 0.3) is 0 Å². The molecule has 0 saturated heterocycles. The van der Waals surface area contributed by atoms with Crippen molar-refractivity contribution >= 4 is 23.2 Å². The van der Waals surface area contributed by atoms with Crippen LogP contribution in [0.3, 0.4) is 0 Å². The summed E-state index contributed by atoms with van der Waals surface area (Å²) in [5, 5.41) is 3.18. The van der Waals surface area contributed by atoms with Crippen LogP contribution in [0.4, 0.5) is 5.69 Å². The molecule has 1 atom stereocenters. The predicted molar refractivity (Wildman–Crippen MR) is 77.3 cm³/mol. The number of rotatable bonds is 6. The molecule has 0 radical (unpaired) electrons. The van der Waals surface area contributed by atoms with Gasteiger partial charge in [0.15, 0.2) is 0 Å². The smallest absolute Gasteiger partial charge is 0.242 e. The molecular formula is C14H17ClN2O2. The van der Waals surface area contributed by atoms with Crippen molar-refractivity contribution in [3.63, 3.8) is 0 Å². The van der Waals surface area contributed by atoms with Gasteiger partial charge in [0, 0.05) is 11.4 Å². The van der Waals surface area contributed by atoms with Gasteiger partial charge in [-0.15, -0.1) is 12.3 Å². The quantitative estimate of drug-likeness (QED) is 0.787. The molecule has 0 aliphatic heterocycles. The Hall–Kier alpha value is -1.70. The van der Waals surface area contributed by atoms with Crippen LogP contribution < -0.4 is 15.8 Å². The summed E-state index contributed by atoms with van der Waals surface area (Å²) in [5.41, 5.74) is 6.13. The van der Waals surface area contributed by atoms with Crippen molar-refractivity contribution in [3.8, 4) is 18.1 Å². The number of terminal acetylenes is 1. The van der Waals surface area contributed by atoms with E-state index in [1.165, 1.54) is 0 Å². The van der Waals surface area contributed by atoms with Crippen LogP contribution in [0.5, 0.6) is 5.75 Å². The van der Waals surface area contributed by atoms with Gasteiger partial charge in [0.2, 0.25) is 5.91 Å². The highest BCUT2D eigenvalue weighted by atomic mass is 35.5. The number of carbonyl (C=O) groups excluding carboxylic acids is 1. The van der Waals surface area contributed by atoms with Gasteiger partial charge in [-0.05, 0) is 24.6 Å². The summed E-state index contributed by atoms with van der Waals surface area (Å²) < 4.78 is 5.53. The van der Waals surface area contributed by atoms with Gasteiger partial charge >= 0.3 is 0 Å². The molecular weight excluding hydrogens is 264 g/mol. The molecule has 19 heavy (non-hydrogen) atoms. The molecule has 5 heteroatoms. The molecule has 1 aromatic rings. The molecule has 0 aliphatic rings. The molecule has 102 valence electrons. The monoisotopic (exact) mass is 280 g/mol. The number of ether oxygens (including phenoxy) is 1. The lowest BCUT2D eigenvalue weighted by Crippen LogP contribution is -2.35. The molecule has 1 amide bonds. The number of benzene rings is 1. The third kappa shape index (κ3) is 4.82. The molecule has 0 saturated carbocycles.